The molecule has 3 N–H and O–H groups in total. The van der Waals surface area contributed by atoms with Crippen LogP contribution in [0.1, 0.15) is 47.3 Å². The van der Waals surface area contributed by atoms with E-state index in [0.29, 0.717) is 10.9 Å². The van der Waals surface area contributed by atoms with E-state index in [4.69, 9.17) is 17.3 Å². The molecule has 0 spiro atoms. The molecular weight excluding hydrogens is 513 g/mol. The second-order valence-corrected chi connectivity index (χ2v) is 10.3. The van der Waals surface area contributed by atoms with Crippen LogP contribution in [0.25, 0.3) is 10.9 Å². The monoisotopic (exact) mass is 539 g/mol. The summed E-state index contributed by atoms with van der Waals surface area (Å²) in [6.07, 6.45) is 3.65. The average molecular weight is 540 g/mol. The van der Waals surface area contributed by atoms with Gasteiger partial charge in [-0.25, -0.2) is 4.39 Å². The predicted octanol–water partition coefficient (Wildman–Crippen LogP) is 2.76. The number of fused-ring (bicyclic) bond motifs is 1. The molecule has 198 valence electrons. The number of hydrogen-bond acceptors (Lipinski definition) is 5. The van der Waals surface area contributed by atoms with Crippen molar-refractivity contribution < 1.29 is 23.6 Å². The lowest BCUT2D eigenvalue weighted by Crippen LogP contribution is -2.43. The summed E-state index contributed by atoms with van der Waals surface area (Å²) < 4.78 is 15.5. The fraction of sp³-hybridized carbons (Fsp3) is 0.370. The van der Waals surface area contributed by atoms with Gasteiger partial charge >= 0.3 is 0 Å². The number of amides is 3. The summed E-state index contributed by atoms with van der Waals surface area (Å²) in [6.45, 7) is -0.451. The predicted molar refractivity (Wildman–Crippen MR) is 138 cm³/mol. The molecule has 3 amide bonds. The number of rotatable bonds is 11. The molecule has 0 bridgehead atoms. The first-order valence-electron chi connectivity index (χ1n) is 12.5. The lowest BCUT2D eigenvalue weighted by atomic mass is 10.0. The number of nitrogens with one attached hydrogen (secondary N) is 1. The standard InChI is InChI=1S/C27H27ClFN5O4/c28-20-3-1-2-17(25(20)29)12-31-23(36)13-33(18-7-8-18)24(37)14-34-21-9-4-15(11-22(35)16-5-6-16)10-19(21)26(32-34)27(30)38/h1-4,9-10,16,18H,5-8,11-14H2,(H2,30,38)(H,31,36). The van der Waals surface area contributed by atoms with Crippen molar-refractivity contribution >= 4 is 46.0 Å². The van der Waals surface area contributed by atoms with Gasteiger partial charge in [0.15, 0.2) is 5.69 Å². The van der Waals surface area contributed by atoms with E-state index in [0.717, 1.165) is 31.2 Å². The molecule has 0 unspecified atom stereocenters. The van der Waals surface area contributed by atoms with Gasteiger partial charge in [0.25, 0.3) is 5.91 Å². The zero-order valence-corrected chi connectivity index (χ0v) is 21.3. The van der Waals surface area contributed by atoms with Crippen molar-refractivity contribution in [2.75, 3.05) is 6.54 Å². The summed E-state index contributed by atoms with van der Waals surface area (Å²) in [4.78, 5) is 51.7. The minimum atomic E-state index is -0.737. The highest BCUT2D eigenvalue weighted by Gasteiger charge is 2.34. The molecule has 0 atom stereocenters. The highest BCUT2D eigenvalue weighted by Crippen LogP contribution is 2.32. The summed E-state index contributed by atoms with van der Waals surface area (Å²) >= 11 is 5.80. The first-order valence-corrected chi connectivity index (χ1v) is 12.9. The zero-order valence-electron chi connectivity index (χ0n) is 20.6. The molecule has 3 aromatic rings. The molecule has 0 saturated heterocycles. The number of Topliss-reactive ketones (excluding diaryl/α,β-unsaturated/α-hetero) is 1. The molecule has 2 saturated carbocycles. The number of ketones is 1. The number of halogens is 2. The Morgan fingerprint density at radius 1 is 1.13 bits per heavy atom. The Balaban J connectivity index is 1.29. The maximum absolute atomic E-state index is 14.1. The number of carbonyl (C=O) groups excluding carboxylic acids is 4. The number of benzene rings is 2. The van der Waals surface area contributed by atoms with Gasteiger partial charge in [-0.1, -0.05) is 29.8 Å². The van der Waals surface area contributed by atoms with Crippen molar-refractivity contribution in [3.8, 4) is 0 Å². The fourth-order valence-electron chi connectivity index (χ4n) is 4.51. The molecule has 38 heavy (non-hydrogen) atoms. The van der Waals surface area contributed by atoms with Crippen molar-refractivity contribution in [1.82, 2.24) is 20.0 Å². The van der Waals surface area contributed by atoms with Gasteiger partial charge in [-0.2, -0.15) is 5.10 Å². The zero-order chi connectivity index (χ0) is 27.0. The molecule has 2 aromatic carbocycles. The Morgan fingerprint density at radius 3 is 2.58 bits per heavy atom. The molecule has 0 aliphatic heterocycles. The second-order valence-electron chi connectivity index (χ2n) is 9.88. The van der Waals surface area contributed by atoms with Gasteiger partial charge in [-0.3, -0.25) is 23.9 Å². The van der Waals surface area contributed by atoms with Crippen LogP contribution in [0.3, 0.4) is 0 Å². The van der Waals surface area contributed by atoms with Crippen LogP contribution in [0.15, 0.2) is 36.4 Å². The highest BCUT2D eigenvalue weighted by molar-refractivity contribution is 6.30. The van der Waals surface area contributed by atoms with Crippen LogP contribution < -0.4 is 11.1 Å². The van der Waals surface area contributed by atoms with E-state index in [9.17, 15) is 23.6 Å². The third kappa shape index (κ3) is 5.70. The topological polar surface area (TPSA) is 127 Å². The summed E-state index contributed by atoms with van der Waals surface area (Å²) in [5.74, 6) is -1.82. The van der Waals surface area contributed by atoms with E-state index in [1.54, 1.807) is 24.3 Å². The van der Waals surface area contributed by atoms with Crippen LogP contribution in [0.5, 0.6) is 0 Å². The molecular formula is C27H27ClFN5O4. The van der Waals surface area contributed by atoms with Crippen molar-refractivity contribution in [3.05, 3.63) is 64.1 Å². The van der Waals surface area contributed by atoms with E-state index in [1.165, 1.54) is 21.7 Å². The van der Waals surface area contributed by atoms with Crippen molar-refractivity contribution in [2.24, 2.45) is 11.7 Å². The minimum Gasteiger partial charge on any atom is -0.364 e. The van der Waals surface area contributed by atoms with Crippen LogP contribution in [-0.4, -0.2) is 50.8 Å². The molecule has 0 radical (unpaired) electrons. The first kappa shape index (κ1) is 25.8. The van der Waals surface area contributed by atoms with E-state index in [-0.39, 0.29) is 66.0 Å². The maximum atomic E-state index is 14.1. The Hall–Kier alpha value is -3.79. The van der Waals surface area contributed by atoms with Crippen LogP contribution in [0.2, 0.25) is 5.02 Å². The van der Waals surface area contributed by atoms with Crippen LogP contribution >= 0.6 is 11.6 Å². The number of nitrogens with two attached hydrogens (primary N) is 1. The van der Waals surface area contributed by atoms with E-state index >= 15 is 0 Å². The summed E-state index contributed by atoms with van der Waals surface area (Å²) in [7, 11) is 0. The molecule has 9 nitrogen and oxygen atoms in total. The van der Waals surface area contributed by atoms with Crippen molar-refractivity contribution in [3.63, 3.8) is 0 Å². The van der Waals surface area contributed by atoms with Gasteiger partial charge in [0, 0.05) is 35.9 Å². The number of aromatic nitrogens is 2. The highest BCUT2D eigenvalue weighted by atomic mass is 35.5. The van der Waals surface area contributed by atoms with Gasteiger partial charge < -0.3 is 16.0 Å². The summed E-state index contributed by atoms with van der Waals surface area (Å²) in [6, 6.07) is 9.71. The first-order chi connectivity index (χ1) is 18.2. The largest absolute Gasteiger partial charge is 0.364 e. The SMILES string of the molecule is NC(=O)c1nn(CC(=O)N(CC(=O)NCc2cccc(Cl)c2F)C2CC2)c2ccc(CC(=O)C3CC3)cc12. The Morgan fingerprint density at radius 2 is 1.89 bits per heavy atom. The smallest absolute Gasteiger partial charge is 0.269 e. The third-order valence-electron chi connectivity index (χ3n) is 6.87. The van der Waals surface area contributed by atoms with Crippen molar-refractivity contribution in [1.29, 1.82) is 0 Å². The minimum absolute atomic E-state index is 0.0211. The van der Waals surface area contributed by atoms with Gasteiger partial charge in [0.2, 0.25) is 11.8 Å². The Kier molecular flexibility index (Phi) is 7.16. The molecule has 2 fully saturated rings. The van der Waals surface area contributed by atoms with Gasteiger partial charge in [-0.15, -0.1) is 0 Å². The molecule has 1 aromatic heterocycles. The fourth-order valence-corrected chi connectivity index (χ4v) is 4.70. The maximum Gasteiger partial charge on any atom is 0.269 e. The van der Waals surface area contributed by atoms with E-state index < -0.39 is 17.6 Å². The van der Waals surface area contributed by atoms with Crippen LogP contribution in [0.4, 0.5) is 4.39 Å². The van der Waals surface area contributed by atoms with Crippen molar-refractivity contribution in [2.45, 2.75) is 51.2 Å². The van der Waals surface area contributed by atoms with Crippen LogP contribution in [0, 0.1) is 11.7 Å². The number of nitrogens with zero attached hydrogens (tertiary/aromatic N) is 3. The van der Waals surface area contributed by atoms with Crippen LogP contribution in [-0.2, 0) is 33.9 Å². The third-order valence-corrected chi connectivity index (χ3v) is 7.17. The summed E-state index contributed by atoms with van der Waals surface area (Å²) in [5.41, 5.74) is 7.11. The van der Waals surface area contributed by atoms with E-state index in [1.807, 2.05) is 0 Å². The average Bonchev–Trinajstić information content (AvgIpc) is 3.80. The van der Waals surface area contributed by atoms with E-state index in [2.05, 4.69) is 10.4 Å². The van der Waals surface area contributed by atoms with Gasteiger partial charge in [0.1, 0.15) is 18.1 Å². The molecule has 2 aliphatic carbocycles. The molecule has 1 heterocycles. The van der Waals surface area contributed by atoms with Gasteiger partial charge in [-0.05, 0) is 49.4 Å². The molecule has 11 heteroatoms. The normalized spacial score (nSPS) is 14.9. The second kappa shape index (κ2) is 10.5. The molecule has 2 aliphatic rings. The summed E-state index contributed by atoms with van der Waals surface area (Å²) in [5, 5.41) is 7.37. The Labute approximate surface area is 223 Å². The van der Waals surface area contributed by atoms with Gasteiger partial charge in [0.05, 0.1) is 17.1 Å². The molecule has 5 rings (SSSR count). The lowest BCUT2D eigenvalue weighted by molar-refractivity contribution is -0.137. The lowest BCUT2D eigenvalue weighted by Gasteiger charge is -2.22. The quantitative estimate of drug-likeness (QED) is 0.387. The number of primary amides is 1. The Bertz CT molecular complexity index is 1450. The number of carbonyl (C=O) groups is 4. The number of hydrogen-bond donors (Lipinski definition) is 2.